The molecule has 0 saturated heterocycles. The van der Waals surface area contributed by atoms with Gasteiger partial charge in [0.1, 0.15) is 22.8 Å². The molecule has 0 unspecified atom stereocenters. The van der Waals surface area contributed by atoms with Gasteiger partial charge in [0.2, 0.25) is 5.91 Å². The lowest BCUT2D eigenvalue weighted by Crippen LogP contribution is -2.41. The second-order valence-electron chi connectivity index (χ2n) is 7.44. The fraction of sp³-hybridized carbons (Fsp3) is 0.409. The highest BCUT2D eigenvalue weighted by atomic mass is 16.5. The molecule has 3 rings (SSSR count). The summed E-state index contributed by atoms with van der Waals surface area (Å²) in [6, 6.07) is 13.5. The highest BCUT2D eigenvalue weighted by Gasteiger charge is 2.34. The Balaban J connectivity index is 1.66. The van der Waals surface area contributed by atoms with E-state index in [2.05, 4.69) is 5.32 Å². The quantitative estimate of drug-likeness (QED) is 0.834. The molecule has 0 fully saturated rings. The van der Waals surface area contributed by atoms with Gasteiger partial charge in [-0.2, -0.15) is 0 Å². The number of amides is 1. The van der Waals surface area contributed by atoms with Crippen LogP contribution >= 0.6 is 0 Å². The smallest absolute Gasteiger partial charge is 0.220 e. The first-order valence-corrected chi connectivity index (χ1v) is 9.19. The molecule has 0 aliphatic carbocycles. The van der Waals surface area contributed by atoms with E-state index in [4.69, 9.17) is 14.2 Å². The first-order valence-electron chi connectivity index (χ1n) is 9.19. The topological polar surface area (TPSA) is 56.8 Å². The molecule has 2 aromatic carbocycles. The molecule has 1 aliphatic rings. The lowest BCUT2D eigenvalue weighted by Gasteiger charge is -2.38. The van der Waals surface area contributed by atoms with E-state index in [-0.39, 0.29) is 17.6 Å². The van der Waals surface area contributed by atoms with Gasteiger partial charge in [0.15, 0.2) is 0 Å². The Labute approximate surface area is 160 Å². The Bertz CT molecular complexity index is 798. The largest absolute Gasteiger partial charge is 0.497 e. The molecule has 0 aromatic heterocycles. The van der Waals surface area contributed by atoms with Gasteiger partial charge in [0, 0.05) is 24.5 Å². The number of aryl methyl sites for hydroxylation is 1. The van der Waals surface area contributed by atoms with Crippen LogP contribution in [-0.2, 0) is 11.2 Å². The van der Waals surface area contributed by atoms with Crippen molar-refractivity contribution in [3.05, 3.63) is 53.6 Å². The lowest BCUT2D eigenvalue weighted by molar-refractivity contribution is -0.122. The third-order valence-electron chi connectivity index (χ3n) is 4.81. The number of nitrogens with one attached hydrogen (secondary N) is 1. The summed E-state index contributed by atoms with van der Waals surface area (Å²) in [6.07, 6.45) is 1.86. The van der Waals surface area contributed by atoms with Crippen molar-refractivity contribution in [1.82, 2.24) is 5.32 Å². The molecule has 0 spiro atoms. The summed E-state index contributed by atoms with van der Waals surface area (Å²) in [5.41, 5.74) is 1.75. The summed E-state index contributed by atoms with van der Waals surface area (Å²) in [7, 11) is 3.28. The molecule has 144 valence electrons. The molecule has 2 aromatic rings. The number of fused-ring (bicyclic) bond motifs is 1. The zero-order chi connectivity index (χ0) is 19.4. The van der Waals surface area contributed by atoms with E-state index in [0.717, 1.165) is 34.8 Å². The Morgan fingerprint density at radius 1 is 1.11 bits per heavy atom. The van der Waals surface area contributed by atoms with E-state index in [1.165, 1.54) is 0 Å². The average Bonchev–Trinajstić information content (AvgIpc) is 2.65. The molecule has 1 N–H and O–H groups in total. The number of carbonyl (C=O) groups excluding carboxylic acids is 1. The molecule has 1 heterocycles. The van der Waals surface area contributed by atoms with Crippen molar-refractivity contribution in [3.63, 3.8) is 0 Å². The van der Waals surface area contributed by atoms with Gasteiger partial charge in [-0.15, -0.1) is 0 Å². The molecule has 1 amide bonds. The highest BCUT2D eigenvalue weighted by Crippen LogP contribution is 2.41. The minimum Gasteiger partial charge on any atom is -0.497 e. The second-order valence-corrected chi connectivity index (χ2v) is 7.44. The van der Waals surface area contributed by atoms with Crippen LogP contribution in [0.1, 0.15) is 43.9 Å². The van der Waals surface area contributed by atoms with Crippen molar-refractivity contribution in [1.29, 1.82) is 0 Å². The fourth-order valence-corrected chi connectivity index (χ4v) is 3.40. The summed E-state index contributed by atoms with van der Waals surface area (Å²) >= 11 is 0. The average molecular weight is 369 g/mol. The molecule has 1 atom stereocenters. The number of rotatable bonds is 6. The Hall–Kier alpha value is -2.69. The maximum atomic E-state index is 12.6. The van der Waals surface area contributed by atoms with Crippen LogP contribution in [0.5, 0.6) is 17.2 Å². The van der Waals surface area contributed by atoms with E-state index < -0.39 is 0 Å². The Morgan fingerprint density at radius 2 is 1.78 bits per heavy atom. The summed E-state index contributed by atoms with van der Waals surface area (Å²) in [5.74, 6) is 2.37. The van der Waals surface area contributed by atoms with Crippen LogP contribution in [0.25, 0.3) is 0 Å². The summed E-state index contributed by atoms with van der Waals surface area (Å²) < 4.78 is 16.5. The van der Waals surface area contributed by atoms with Crippen LogP contribution in [0.2, 0.25) is 0 Å². The Kier molecular flexibility index (Phi) is 5.59. The zero-order valence-electron chi connectivity index (χ0n) is 16.4. The number of benzene rings is 2. The SMILES string of the molecule is COc1ccc(CCC(=O)N[C@H]2CC(C)(C)Oc3cc(OC)ccc32)cc1. The van der Waals surface area contributed by atoms with Crippen molar-refractivity contribution < 1.29 is 19.0 Å². The zero-order valence-corrected chi connectivity index (χ0v) is 16.4. The van der Waals surface area contributed by atoms with E-state index in [1.54, 1.807) is 14.2 Å². The Morgan fingerprint density at radius 3 is 2.44 bits per heavy atom. The van der Waals surface area contributed by atoms with Gasteiger partial charge in [-0.25, -0.2) is 0 Å². The second kappa shape index (κ2) is 7.91. The van der Waals surface area contributed by atoms with Crippen LogP contribution in [0.3, 0.4) is 0 Å². The number of ether oxygens (including phenoxy) is 3. The van der Waals surface area contributed by atoms with Crippen molar-refractivity contribution in [3.8, 4) is 17.2 Å². The number of hydrogen-bond acceptors (Lipinski definition) is 4. The van der Waals surface area contributed by atoms with E-state index in [1.807, 2.05) is 56.3 Å². The van der Waals surface area contributed by atoms with Crippen molar-refractivity contribution in [2.75, 3.05) is 14.2 Å². The third kappa shape index (κ3) is 4.73. The van der Waals surface area contributed by atoms with Gasteiger partial charge in [0.25, 0.3) is 0 Å². The standard InChI is InChI=1S/C22H27NO4/c1-22(2)14-19(18-11-10-17(26-4)13-20(18)27-22)23-21(24)12-7-15-5-8-16(25-3)9-6-15/h5-6,8-11,13,19H,7,12,14H2,1-4H3,(H,23,24)/t19-/m0/s1. The molecular formula is C22H27NO4. The van der Waals surface area contributed by atoms with Crippen LogP contribution in [0.15, 0.2) is 42.5 Å². The van der Waals surface area contributed by atoms with Gasteiger partial charge in [-0.1, -0.05) is 12.1 Å². The monoisotopic (exact) mass is 369 g/mol. The van der Waals surface area contributed by atoms with E-state index in [9.17, 15) is 4.79 Å². The summed E-state index contributed by atoms with van der Waals surface area (Å²) in [5, 5.41) is 3.18. The fourth-order valence-electron chi connectivity index (χ4n) is 3.40. The molecule has 0 radical (unpaired) electrons. The van der Waals surface area contributed by atoms with Crippen LogP contribution in [0, 0.1) is 0 Å². The minimum absolute atomic E-state index is 0.0373. The van der Waals surface area contributed by atoms with Crippen molar-refractivity contribution in [2.24, 2.45) is 0 Å². The van der Waals surface area contributed by atoms with E-state index in [0.29, 0.717) is 12.8 Å². The van der Waals surface area contributed by atoms with Crippen LogP contribution in [-0.4, -0.2) is 25.7 Å². The summed E-state index contributed by atoms with van der Waals surface area (Å²) in [6.45, 7) is 4.07. The van der Waals surface area contributed by atoms with Crippen molar-refractivity contribution in [2.45, 2.75) is 44.8 Å². The molecule has 27 heavy (non-hydrogen) atoms. The molecule has 1 aliphatic heterocycles. The lowest BCUT2D eigenvalue weighted by atomic mass is 9.89. The maximum Gasteiger partial charge on any atom is 0.220 e. The van der Waals surface area contributed by atoms with Crippen molar-refractivity contribution >= 4 is 5.91 Å². The minimum atomic E-state index is -0.354. The van der Waals surface area contributed by atoms with Gasteiger partial charge >= 0.3 is 0 Å². The van der Waals surface area contributed by atoms with Gasteiger partial charge in [-0.05, 0) is 50.1 Å². The van der Waals surface area contributed by atoms with Gasteiger partial charge < -0.3 is 19.5 Å². The predicted molar refractivity (Wildman–Crippen MR) is 105 cm³/mol. The first kappa shape index (κ1) is 19.1. The number of methoxy groups -OCH3 is 2. The van der Waals surface area contributed by atoms with Crippen LogP contribution in [0.4, 0.5) is 0 Å². The number of hydrogen-bond donors (Lipinski definition) is 1. The molecule has 5 heteroatoms. The van der Waals surface area contributed by atoms with Gasteiger partial charge in [-0.3, -0.25) is 4.79 Å². The molecular weight excluding hydrogens is 342 g/mol. The highest BCUT2D eigenvalue weighted by molar-refractivity contribution is 5.77. The van der Waals surface area contributed by atoms with Gasteiger partial charge in [0.05, 0.1) is 20.3 Å². The molecule has 0 saturated carbocycles. The molecule has 5 nitrogen and oxygen atoms in total. The van der Waals surface area contributed by atoms with Crippen LogP contribution < -0.4 is 19.5 Å². The third-order valence-corrected chi connectivity index (χ3v) is 4.81. The first-order chi connectivity index (χ1) is 12.9. The predicted octanol–water partition coefficient (Wildman–Crippen LogP) is 4.06. The molecule has 0 bridgehead atoms. The van der Waals surface area contributed by atoms with E-state index >= 15 is 0 Å². The maximum absolute atomic E-state index is 12.6. The normalized spacial score (nSPS) is 17.4. The number of carbonyl (C=O) groups is 1. The summed E-state index contributed by atoms with van der Waals surface area (Å²) in [4.78, 5) is 12.6.